The summed E-state index contributed by atoms with van der Waals surface area (Å²) < 4.78 is 13.9. The zero-order valence-electron chi connectivity index (χ0n) is 18.4. The lowest BCUT2D eigenvalue weighted by Gasteiger charge is -2.09. The zero-order chi connectivity index (χ0) is 22.8. The number of halogens is 1. The van der Waals surface area contributed by atoms with Gasteiger partial charge in [-0.1, -0.05) is 54.6 Å². The molecule has 0 spiro atoms. The second-order valence-corrected chi connectivity index (χ2v) is 10.0. The number of aryl methyl sites for hydroxylation is 1. The van der Waals surface area contributed by atoms with Crippen LogP contribution in [0.3, 0.4) is 0 Å². The number of fused-ring (bicyclic) bond motifs is 6. The first-order valence-electron chi connectivity index (χ1n) is 11.3. The van der Waals surface area contributed by atoms with Crippen LogP contribution < -0.4 is 0 Å². The van der Waals surface area contributed by atoms with Gasteiger partial charge in [0, 0.05) is 36.2 Å². The highest BCUT2D eigenvalue weighted by atomic mass is 127. The third-order valence-electron chi connectivity index (χ3n) is 6.55. The molecule has 7 rings (SSSR count). The fourth-order valence-corrected chi connectivity index (χ4v) is 5.67. The summed E-state index contributed by atoms with van der Waals surface area (Å²) in [6.45, 7) is 2.14. The minimum absolute atomic E-state index is 0.916. The summed E-state index contributed by atoms with van der Waals surface area (Å²) >= 11 is 2.40. The van der Waals surface area contributed by atoms with E-state index in [2.05, 4.69) is 102 Å². The molecule has 3 heteroatoms. The van der Waals surface area contributed by atoms with E-state index in [0.29, 0.717) is 0 Å². The summed E-state index contributed by atoms with van der Waals surface area (Å²) in [5.74, 6) is 0. The Bertz CT molecular complexity index is 1750. The van der Waals surface area contributed by atoms with Crippen LogP contribution in [0.25, 0.3) is 66.1 Å². The molecule has 7 aromatic rings. The van der Waals surface area contributed by atoms with Crippen molar-refractivity contribution in [2.75, 3.05) is 0 Å². The quantitative estimate of drug-likeness (QED) is 0.200. The summed E-state index contributed by atoms with van der Waals surface area (Å²) in [5.41, 5.74) is 9.39. The Labute approximate surface area is 209 Å². The summed E-state index contributed by atoms with van der Waals surface area (Å²) in [5, 5.41) is 4.61. The Kier molecular flexibility index (Phi) is 4.36. The summed E-state index contributed by atoms with van der Waals surface area (Å²) in [6.07, 6.45) is 0. The molecule has 0 aliphatic carbocycles. The van der Waals surface area contributed by atoms with Crippen LogP contribution in [0.2, 0.25) is 0 Å². The Morgan fingerprint density at radius 2 is 1.09 bits per heavy atom. The minimum atomic E-state index is 0.916. The van der Waals surface area contributed by atoms with Gasteiger partial charge in [0.2, 0.25) is 0 Å². The monoisotopic (exact) mass is 550 g/mol. The lowest BCUT2D eigenvalue weighted by Crippen LogP contribution is -1.85. The Morgan fingerprint density at radius 3 is 1.74 bits per heavy atom. The number of furan rings is 2. The van der Waals surface area contributed by atoms with Crippen LogP contribution in [0.4, 0.5) is 0 Å². The number of hydrogen-bond donors (Lipinski definition) is 0. The van der Waals surface area contributed by atoms with E-state index < -0.39 is 0 Å². The summed E-state index contributed by atoms with van der Waals surface area (Å²) in [6, 6.07) is 34.0. The minimum Gasteiger partial charge on any atom is -0.455 e. The van der Waals surface area contributed by atoms with Gasteiger partial charge in [0.1, 0.15) is 22.3 Å². The molecule has 162 valence electrons. The maximum Gasteiger partial charge on any atom is 0.143 e. The fourth-order valence-electron chi connectivity index (χ4n) is 5.05. The number of benzene rings is 5. The second kappa shape index (κ2) is 7.47. The maximum absolute atomic E-state index is 6.35. The van der Waals surface area contributed by atoms with Crippen molar-refractivity contribution in [3.05, 3.63) is 106 Å². The second-order valence-electron chi connectivity index (χ2n) is 8.80. The summed E-state index contributed by atoms with van der Waals surface area (Å²) in [4.78, 5) is 0. The van der Waals surface area contributed by atoms with Crippen LogP contribution >= 0.6 is 22.6 Å². The number of hydrogen-bond acceptors (Lipinski definition) is 2. The van der Waals surface area contributed by atoms with Crippen molar-refractivity contribution < 1.29 is 8.83 Å². The molecule has 2 heterocycles. The maximum atomic E-state index is 6.35. The van der Waals surface area contributed by atoms with Gasteiger partial charge in [0.05, 0.1) is 0 Å². The first-order valence-corrected chi connectivity index (χ1v) is 12.4. The molecule has 0 radical (unpaired) electrons. The number of para-hydroxylation sites is 2. The van der Waals surface area contributed by atoms with E-state index >= 15 is 0 Å². The van der Waals surface area contributed by atoms with Gasteiger partial charge in [0.25, 0.3) is 0 Å². The molecule has 0 atom stereocenters. The first-order chi connectivity index (χ1) is 16.7. The Morgan fingerprint density at radius 1 is 0.529 bits per heavy atom. The number of rotatable bonds is 2. The van der Waals surface area contributed by atoms with E-state index in [0.717, 1.165) is 66.1 Å². The van der Waals surface area contributed by atoms with Crippen LogP contribution in [-0.2, 0) is 0 Å². The molecule has 0 saturated carbocycles. The predicted octanol–water partition coefficient (Wildman–Crippen LogP) is 9.73. The SMILES string of the molecule is Cc1cc(-c2cccc(-c3cc(I)cc4c3oc3ccccc34)c2)c2oc3ccccc3c2c1. The van der Waals surface area contributed by atoms with Crippen LogP contribution in [0.5, 0.6) is 0 Å². The molecule has 0 amide bonds. The van der Waals surface area contributed by atoms with E-state index in [4.69, 9.17) is 8.83 Å². The molecular weight excluding hydrogens is 531 g/mol. The van der Waals surface area contributed by atoms with Gasteiger partial charge in [0.15, 0.2) is 0 Å². The molecule has 0 N–H and O–H groups in total. The van der Waals surface area contributed by atoms with Gasteiger partial charge in [-0.25, -0.2) is 0 Å². The molecule has 0 bridgehead atoms. The van der Waals surface area contributed by atoms with Crippen LogP contribution in [0, 0.1) is 10.5 Å². The van der Waals surface area contributed by atoms with Crippen molar-refractivity contribution in [2.24, 2.45) is 0 Å². The van der Waals surface area contributed by atoms with Gasteiger partial charge in [-0.3, -0.25) is 0 Å². The van der Waals surface area contributed by atoms with Gasteiger partial charge in [-0.2, -0.15) is 0 Å². The molecule has 2 nitrogen and oxygen atoms in total. The topological polar surface area (TPSA) is 26.3 Å². The van der Waals surface area contributed by atoms with Crippen molar-refractivity contribution in [1.82, 2.24) is 0 Å². The molecular formula is C31H19IO2. The van der Waals surface area contributed by atoms with Crippen molar-refractivity contribution in [3.8, 4) is 22.3 Å². The Balaban J connectivity index is 1.48. The highest BCUT2D eigenvalue weighted by molar-refractivity contribution is 14.1. The van der Waals surface area contributed by atoms with Crippen molar-refractivity contribution in [1.29, 1.82) is 0 Å². The third-order valence-corrected chi connectivity index (χ3v) is 7.17. The van der Waals surface area contributed by atoms with E-state index in [9.17, 15) is 0 Å². The highest BCUT2D eigenvalue weighted by Gasteiger charge is 2.16. The fraction of sp³-hybridized carbons (Fsp3) is 0.0323. The molecule has 0 fully saturated rings. The molecule has 5 aromatic carbocycles. The normalized spacial score (nSPS) is 11.8. The molecule has 0 aliphatic rings. The summed E-state index contributed by atoms with van der Waals surface area (Å²) in [7, 11) is 0. The molecule has 2 aromatic heterocycles. The Hall–Kier alpha value is -3.57. The van der Waals surface area contributed by atoms with Crippen molar-refractivity contribution >= 4 is 66.5 Å². The lowest BCUT2D eigenvalue weighted by atomic mass is 9.95. The largest absolute Gasteiger partial charge is 0.455 e. The first kappa shape index (κ1) is 19.9. The molecule has 34 heavy (non-hydrogen) atoms. The van der Waals surface area contributed by atoms with Crippen LogP contribution in [0.1, 0.15) is 5.56 Å². The zero-order valence-corrected chi connectivity index (χ0v) is 20.6. The average Bonchev–Trinajstić information content (AvgIpc) is 3.42. The molecule has 0 aliphatic heterocycles. The van der Waals surface area contributed by atoms with Gasteiger partial charge in [-0.05, 0) is 88.7 Å². The standard InChI is InChI=1S/C31H19IO2/c1-18-13-24(30-26(14-18)22-9-2-4-11-28(22)33-30)19-7-6-8-20(15-19)25-16-21(32)17-27-23-10-3-5-12-29(23)34-31(25)27/h2-17H,1H3. The lowest BCUT2D eigenvalue weighted by molar-refractivity contribution is 0.670. The van der Waals surface area contributed by atoms with Crippen LogP contribution in [0.15, 0.2) is 106 Å². The van der Waals surface area contributed by atoms with Gasteiger partial charge >= 0.3 is 0 Å². The van der Waals surface area contributed by atoms with Gasteiger partial charge in [-0.15, -0.1) is 0 Å². The average molecular weight is 550 g/mol. The smallest absolute Gasteiger partial charge is 0.143 e. The van der Waals surface area contributed by atoms with Crippen LogP contribution in [-0.4, -0.2) is 0 Å². The van der Waals surface area contributed by atoms with E-state index in [-0.39, 0.29) is 0 Å². The van der Waals surface area contributed by atoms with E-state index in [1.54, 1.807) is 0 Å². The van der Waals surface area contributed by atoms with Crippen molar-refractivity contribution in [2.45, 2.75) is 6.92 Å². The van der Waals surface area contributed by atoms with E-state index in [1.165, 1.54) is 9.13 Å². The predicted molar refractivity (Wildman–Crippen MR) is 149 cm³/mol. The third kappa shape index (κ3) is 3.00. The highest BCUT2D eigenvalue weighted by Crippen LogP contribution is 2.40. The molecule has 0 saturated heterocycles. The van der Waals surface area contributed by atoms with Gasteiger partial charge < -0.3 is 8.83 Å². The van der Waals surface area contributed by atoms with Crippen molar-refractivity contribution in [3.63, 3.8) is 0 Å². The molecule has 0 unspecified atom stereocenters. The van der Waals surface area contributed by atoms with E-state index in [1.807, 2.05) is 24.3 Å².